The number of hydrogen-bond acceptors (Lipinski definition) is 5. The average molecular weight is 677 g/mol. The van der Waals surface area contributed by atoms with E-state index in [9.17, 15) is 0 Å². The molecule has 0 aliphatic rings. The molecule has 0 amide bonds. The zero-order valence-electron chi connectivity index (χ0n) is 28.4. The smallest absolute Gasteiger partial charge is 0.164 e. The summed E-state index contributed by atoms with van der Waals surface area (Å²) in [7, 11) is 0. The minimum Gasteiger partial charge on any atom is -0.455 e. The molecule has 0 aliphatic heterocycles. The second-order valence-electron chi connectivity index (χ2n) is 13.4. The van der Waals surface area contributed by atoms with E-state index in [0.29, 0.717) is 17.5 Å². The number of rotatable bonds is 4. The first kappa shape index (κ1) is 29.5. The van der Waals surface area contributed by atoms with Crippen molar-refractivity contribution >= 4 is 65.2 Å². The summed E-state index contributed by atoms with van der Waals surface area (Å²) in [5, 5.41) is 9.95. The number of furan rings is 1. The molecule has 0 saturated carbocycles. The lowest BCUT2D eigenvalue weighted by Crippen LogP contribution is -2.00. The fourth-order valence-corrected chi connectivity index (χ4v) is 7.79. The molecule has 3 heterocycles. The van der Waals surface area contributed by atoms with Crippen LogP contribution in [0.25, 0.3) is 111 Å². The zero-order chi connectivity index (χ0) is 34.9. The van der Waals surface area contributed by atoms with E-state index in [1.807, 2.05) is 66.7 Å². The van der Waals surface area contributed by atoms with Gasteiger partial charge in [-0.3, -0.25) is 0 Å². The lowest BCUT2D eigenvalue weighted by Gasteiger charge is -2.15. The maximum absolute atomic E-state index is 6.96. The lowest BCUT2D eigenvalue weighted by atomic mass is 9.91. The molecule has 53 heavy (non-hydrogen) atoms. The van der Waals surface area contributed by atoms with E-state index in [1.54, 1.807) is 0 Å². The molecule has 0 atom stereocenters. The van der Waals surface area contributed by atoms with Crippen molar-refractivity contribution in [2.45, 2.75) is 0 Å². The first-order valence-corrected chi connectivity index (χ1v) is 17.7. The molecule has 5 nitrogen and oxygen atoms in total. The molecule has 0 spiro atoms. The quantitative estimate of drug-likeness (QED) is 0.174. The molecule has 3 aromatic heterocycles. The molecular weight excluding hydrogens is 649 g/mol. The van der Waals surface area contributed by atoms with Gasteiger partial charge in [0.15, 0.2) is 17.5 Å². The molecule has 0 N–H and O–H groups in total. The average Bonchev–Trinajstić information content (AvgIpc) is 3.61. The van der Waals surface area contributed by atoms with Crippen molar-refractivity contribution in [1.82, 2.24) is 19.9 Å². The van der Waals surface area contributed by atoms with Crippen LogP contribution in [-0.2, 0) is 0 Å². The fraction of sp³-hybridized carbons (Fsp3) is 0. The number of nitrogens with zero attached hydrogens (tertiary/aromatic N) is 4. The van der Waals surface area contributed by atoms with E-state index in [0.717, 1.165) is 87.7 Å². The third-order valence-corrected chi connectivity index (χ3v) is 10.2. The third-order valence-electron chi connectivity index (χ3n) is 10.2. The molecule has 0 bridgehead atoms. The Morgan fingerprint density at radius 2 is 0.868 bits per heavy atom. The van der Waals surface area contributed by atoms with Crippen molar-refractivity contribution in [1.29, 1.82) is 0 Å². The van der Waals surface area contributed by atoms with Crippen LogP contribution in [0.15, 0.2) is 174 Å². The topological polar surface area (TPSA) is 64.7 Å². The number of pyridine rings is 1. The Morgan fingerprint density at radius 1 is 0.340 bits per heavy atom. The first-order valence-electron chi connectivity index (χ1n) is 17.7. The highest BCUT2D eigenvalue weighted by Gasteiger charge is 2.23. The van der Waals surface area contributed by atoms with Crippen molar-refractivity contribution in [3.8, 4) is 45.4 Å². The minimum absolute atomic E-state index is 0.585. The van der Waals surface area contributed by atoms with Crippen molar-refractivity contribution in [3.05, 3.63) is 170 Å². The van der Waals surface area contributed by atoms with Gasteiger partial charge in [-0.15, -0.1) is 0 Å². The summed E-state index contributed by atoms with van der Waals surface area (Å²) in [5.74, 6) is 1.82. The van der Waals surface area contributed by atoms with Crippen molar-refractivity contribution in [3.63, 3.8) is 0 Å². The third kappa shape index (κ3) is 4.71. The summed E-state index contributed by atoms with van der Waals surface area (Å²) >= 11 is 0. The SMILES string of the molecule is c1ccc(-c2nc(-c3ccccc3)nc(-c3ccc4c(c3)nc(-c3ccccc3)c3c5ccccc5c5c6cc7ccccc7cc6oc5c43)n2)cc1. The van der Waals surface area contributed by atoms with Gasteiger partial charge in [0.1, 0.15) is 11.2 Å². The molecule has 0 fully saturated rings. The summed E-state index contributed by atoms with van der Waals surface area (Å²) in [5.41, 5.74) is 7.21. The van der Waals surface area contributed by atoms with Crippen molar-refractivity contribution < 1.29 is 4.42 Å². The predicted molar refractivity (Wildman–Crippen MR) is 217 cm³/mol. The van der Waals surface area contributed by atoms with Gasteiger partial charge in [-0.2, -0.15) is 0 Å². The van der Waals surface area contributed by atoms with Crippen molar-refractivity contribution in [2.75, 3.05) is 0 Å². The summed E-state index contributed by atoms with van der Waals surface area (Å²) in [6.45, 7) is 0. The van der Waals surface area contributed by atoms with E-state index in [1.165, 1.54) is 5.39 Å². The van der Waals surface area contributed by atoms with Crippen LogP contribution in [0.5, 0.6) is 0 Å². The largest absolute Gasteiger partial charge is 0.455 e. The maximum atomic E-state index is 6.96. The highest BCUT2D eigenvalue weighted by molar-refractivity contribution is 6.36. The molecule has 11 rings (SSSR count). The van der Waals surface area contributed by atoms with Crippen LogP contribution in [0.4, 0.5) is 0 Å². The van der Waals surface area contributed by atoms with E-state index in [4.69, 9.17) is 24.4 Å². The van der Waals surface area contributed by atoms with Gasteiger partial charge in [0.25, 0.3) is 0 Å². The van der Waals surface area contributed by atoms with E-state index in [2.05, 4.69) is 103 Å². The second-order valence-corrected chi connectivity index (χ2v) is 13.4. The zero-order valence-corrected chi connectivity index (χ0v) is 28.4. The lowest BCUT2D eigenvalue weighted by molar-refractivity contribution is 0.673. The van der Waals surface area contributed by atoms with Crippen LogP contribution in [0.3, 0.4) is 0 Å². The molecule has 0 saturated heterocycles. The number of hydrogen-bond donors (Lipinski definition) is 0. The van der Waals surface area contributed by atoms with Gasteiger partial charge in [0.05, 0.1) is 11.2 Å². The molecule has 0 aliphatic carbocycles. The normalized spacial score (nSPS) is 11.8. The van der Waals surface area contributed by atoms with Gasteiger partial charge in [0, 0.05) is 49.2 Å². The molecule has 246 valence electrons. The van der Waals surface area contributed by atoms with Gasteiger partial charge in [0.2, 0.25) is 0 Å². The second kappa shape index (κ2) is 11.7. The Morgan fingerprint density at radius 3 is 1.51 bits per heavy atom. The Bertz CT molecular complexity index is 3150. The van der Waals surface area contributed by atoms with Crippen LogP contribution in [0.2, 0.25) is 0 Å². The molecule has 8 aromatic carbocycles. The number of fused-ring (bicyclic) bond motifs is 11. The summed E-state index contributed by atoms with van der Waals surface area (Å²) in [4.78, 5) is 20.4. The minimum atomic E-state index is 0.585. The Balaban J connectivity index is 1.25. The summed E-state index contributed by atoms with van der Waals surface area (Å²) in [6, 6.07) is 58.5. The van der Waals surface area contributed by atoms with Crippen molar-refractivity contribution in [2.24, 2.45) is 0 Å². The van der Waals surface area contributed by atoms with Gasteiger partial charge in [-0.05, 0) is 39.7 Å². The Kier molecular flexibility index (Phi) is 6.48. The van der Waals surface area contributed by atoms with Gasteiger partial charge in [-0.25, -0.2) is 19.9 Å². The molecule has 0 unspecified atom stereocenters. The molecule has 11 aromatic rings. The highest BCUT2D eigenvalue weighted by Crippen LogP contribution is 2.47. The monoisotopic (exact) mass is 676 g/mol. The first-order chi connectivity index (χ1) is 26.3. The Labute approximate surface area is 303 Å². The molecule has 5 heteroatoms. The predicted octanol–water partition coefficient (Wildman–Crippen LogP) is 12.4. The van der Waals surface area contributed by atoms with E-state index >= 15 is 0 Å². The van der Waals surface area contributed by atoms with Gasteiger partial charge in [-0.1, -0.05) is 152 Å². The van der Waals surface area contributed by atoms with Crippen LogP contribution in [0.1, 0.15) is 0 Å². The highest BCUT2D eigenvalue weighted by atomic mass is 16.3. The van der Waals surface area contributed by atoms with Crippen LogP contribution in [-0.4, -0.2) is 19.9 Å². The van der Waals surface area contributed by atoms with Gasteiger partial charge < -0.3 is 4.42 Å². The standard InChI is InChI=1S/C48H28N4O/c1-4-14-29(15-5-1)44-42-36-23-13-12-22-35(36)41-38-26-32-20-10-11-21-33(32)28-40(38)53-45(41)43(42)37-25-24-34(27-39(37)49-44)48-51-46(30-16-6-2-7-17-30)50-47(52-48)31-18-8-3-9-19-31/h1-28H. The van der Waals surface area contributed by atoms with Crippen LogP contribution < -0.4 is 0 Å². The Hall–Kier alpha value is -7.24. The maximum Gasteiger partial charge on any atom is 0.164 e. The number of aromatic nitrogens is 4. The van der Waals surface area contributed by atoms with E-state index < -0.39 is 0 Å². The molecule has 0 radical (unpaired) electrons. The summed E-state index contributed by atoms with van der Waals surface area (Å²) < 4.78 is 6.96. The summed E-state index contributed by atoms with van der Waals surface area (Å²) in [6.07, 6.45) is 0. The molecular formula is C48H28N4O. The van der Waals surface area contributed by atoms with E-state index in [-0.39, 0.29) is 0 Å². The van der Waals surface area contributed by atoms with Crippen LogP contribution in [0, 0.1) is 0 Å². The number of benzene rings is 8. The van der Waals surface area contributed by atoms with Gasteiger partial charge >= 0.3 is 0 Å². The fourth-order valence-electron chi connectivity index (χ4n) is 7.79. The van der Waals surface area contributed by atoms with Crippen LogP contribution >= 0.6 is 0 Å².